The number of fused-ring (bicyclic) bond motifs is 1. The highest BCUT2D eigenvalue weighted by atomic mass is 19.1. The summed E-state index contributed by atoms with van der Waals surface area (Å²) in [5.41, 5.74) is 7.53. The zero-order valence-electron chi connectivity index (χ0n) is 13.8. The molecular weight excluding hydrogens is 319 g/mol. The summed E-state index contributed by atoms with van der Waals surface area (Å²) in [6, 6.07) is 5.87. The zero-order chi connectivity index (χ0) is 17.4. The van der Waals surface area contributed by atoms with Gasteiger partial charge >= 0.3 is 0 Å². The van der Waals surface area contributed by atoms with E-state index in [1.807, 2.05) is 18.2 Å². The predicted molar refractivity (Wildman–Crippen MR) is 93.9 cm³/mol. The number of hydrogen-bond acceptors (Lipinski definition) is 5. The summed E-state index contributed by atoms with van der Waals surface area (Å²) in [5.74, 6) is 5.82. The van der Waals surface area contributed by atoms with Crippen LogP contribution in [0, 0.1) is 17.7 Å². The van der Waals surface area contributed by atoms with Gasteiger partial charge in [0.2, 0.25) is 5.95 Å². The van der Waals surface area contributed by atoms with Crippen molar-refractivity contribution in [1.82, 2.24) is 9.97 Å². The third-order valence-electron chi connectivity index (χ3n) is 4.85. The number of nitrogens with two attached hydrogens (primary N) is 1. The molecule has 1 aliphatic heterocycles. The quantitative estimate of drug-likeness (QED) is 0.782. The second-order valence-corrected chi connectivity index (χ2v) is 6.63. The highest BCUT2D eigenvalue weighted by molar-refractivity contribution is 5.70. The van der Waals surface area contributed by atoms with Gasteiger partial charge in [0.05, 0.1) is 6.20 Å². The van der Waals surface area contributed by atoms with Gasteiger partial charge in [-0.05, 0) is 49.8 Å². The van der Waals surface area contributed by atoms with Gasteiger partial charge in [0.1, 0.15) is 5.60 Å². The number of halogens is 1. The van der Waals surface area contributed by atoms with Gasteiger partial charge in [-0.3, -0.25) is 0 Å². The first kappa shape index (κ1) is 15.9. The monoisotopic (exact) mass is 338 g/mol. The van der Waals surface area contributed by atoms with Gasteiger partial charge in [-0.2, -0.15) is 4.98 Å². The Morgan fingerprint density at radius 3 is 2.88 bits per heavy atom. The van der Waals surface area contributed by atoms with E-state index in [2.05, 4.69) is 21.8 Å². The molecule has 1 fully saturated rings. The molecule has 1 aromatic heterocycles. The van der Waals surface area contributed by atoms with Crippen LogP contribution in [0.1, 0.15) is 36.8 Å². The Hall–Kier alpha value is -2.65. The van der Waals surface area contributed by atoms with Crippen molar-refractivity contribution in [3.8, 4) is 11.8 Å². The van der Waals surface area contributed by atoms with Crippen LogP contribution in [0.2, 0.25) is 0 Å². The number of aliphatic hydroxyl groups is 1. The van der Waals surface area contributed by atoms with Gasteiger partial charge in [0, 0.05) is 17.8 Å². The van der Waals surface area contributed by atoms with Crippen LogP contribution in [0.4, 0.5) is 21.8 Å². The van der Waals surface area contributed by atoms with Crippen molar-refractivity contribution in [2.75, 3.05) is 17.2 Å². The largest absolute Gasteiger partial charge is 0.378 e. The van der Waals surface area contributed by atoms with Crippen LogP contribution in [-0.4, -0.2) is 27.2 Å². The van der Waals surface area contributed by atoms with Gasteiger partial charge < -0.3 is 15.7 Å². The van der Waals surface area contributed by atoms with Gasteiger partial charge in [-0.25, -0.2) is 9.37 Å². The van der Waals surface area contributed by atoms with Crippen LogP contribution < -0.4 is 10.6 Å². The minimum absolute atomic E-state index is 0.0456. The summed E-state index contributed by atoms with van der Waals surface area (Å²) in [6.45, 7) is 0.628. The first-order valence-electron chi connectivity index (χ1n) is 8.48. The number of benzene rings is 1. The highest BCUT2D eigenvalue weighted by Crippen LogP contribution is 2.35. The lowest BCUT2D eigenvalue weighted by Crippen LogP contribution is -2.20. The van der Waals surface area contributed by atoms with Crippen molar-refractivity contribution in [3.05, 3.63) is 41.3 Å². The number of anilines is 3. The maximum absolute atomic E-state index is 14.1. The highest BCUT2D eigenvalue weighted by Gasteiger charge is 2.29. The molecule has 0 radical (unpaired) electrons. The van der Waals surface area contributed by atoms with Crippen LogP contribution in [0.25, 0.3) is 0 Å². The fourth-order valence-corrected chi connectivity index (χ4v) is 3.51. The molecule has 1 saturated carbocycles. The fourth-order valence-electron chi connectivity index (χ4n) is 3.51. The minimum Gasteiger partial charge on any atom is -0.378 e. The first-order valence-corrected chi connectivity index (χ1v) is 8.48. The lowest BCUT2D eigenvalue weighted by Gasteiger charge is -2.19. The zero-order valence-corrected chi connectivity index (χ0v) is 13.8. The van der Waals surface area contributed by atoms with Gasteiger partial charge in [-0.1, -0.05) is 17.9 Å². The predicted octanol–water partition coefficient (Wildman–Crippen LogP) is 2.55. The molecule has 4 rings (SSSR count). The molecule has 3 N–H and O–H groups in total. The molecule has 0 saturated heterocycles. The third kappa shape index (κ3) is 3.03. The molecule has 2 aromatic rings. The summed E-state index contributed by atoms with van der Waals surface area (Å²) in [4.78, 5) is 9.53. The lowest BCUT2D eigenvalue weighted by molar-refractivity contribution is 0.110. The number of rotatable bonds is 1. The number of nitrogen functional groups attached to an aromatic ring is 1. The molecule has 0 amide bonds. The Bertz CT molecular complexity index is 881. The maximum Gasteiger partial charge on any atom is 0.222 e. The van der Waals surface area contributed by atoms with E-state index in [1.165, 1.54) is 0 Å². The topological polar surface area (TPSA) is 75.3 Å². The van der Waals surface area contributed by atoms with E-state index in [0.717, 1.165) is 55.1 Å². The van der Waals surface area contributed by atoms with E-state index >= 15 is 0 Å². The number of nitrogens with zero attached hydrogens (tertiary/aromatic N) is 3. The Morgan fingerprint density at radius 1 is 1.28 bits per heavy atom. The summed E-state index contributed by atoms with van der Waals surface area (Å²) >= 11 is 0. The molecule has 0 atom stereocenters. The second kappa shape index (κ2) is 6.01. The molecule has 0 unspecified atom stereocenters. The smallest absolute Gasteiger partial charge is 0.222 e. The normalized spacial score (nSPS) is 17.9. The Morgan fingerprint density at radius 2 is 2.08 bits per heavy atom. The Balaban J connectivity index is 1.68. The molecule has 2 heterocycles. The van der Waals surface area contributed by atoms with E-state index < -0.39 is 11.4 Å². The van der Waals surface area contributed by atoms with Crippen molar-refractivity contribution < 1.29 is 9.50 Å². The first-order chi connectivity index (χ1) is 12.0. The average molecular weight is 338 g/mol. The number of aromatic nitrogens is 2. The van der Waals surface area contributed by atoms with E-state index in [4.69, 9.17) is 5.73 Å². The van der Waals surface area contributed by atoms with E-state index in [0.29, 0.717) is 6.54 Å². The molecule has 25 heavy (non-hydrogen) atoms. The summed E-state index contributed by atoms with van der Waals surface area (Å²) in [7, 11) is 0. The Labute approximate surface area is 145 Å². The van der Waals surface area contributed by atoms with E-state index in [9.17, 15) is 9.50 Å². The van der Waals surface area contributed by atoms with Crippen LogP contribution >= 0.6 is 0 Å². The van der Waals surface area contributed by atoms with Crippen LogP contribution in [0.3, 0.4) is 0 Å². The SMILES string of the molecule is Nc1ncc(F)c(N2CCc3ccc(C#CC4(O)CCCC4)cc32)n1. The van der Waals surface area contributed by atoms with Crippen molar-refractivity contribution in [2.24, 2.45) is 0 Å². The molecule has 0 bridgehead atoms. The van der Waals surface area contributed by atoms with Gasteiger partial charge in [0.25, 0.3) is 0 Å². The standard InChI is InChI=1S/C19H19FN4O/c20-15-12-22-18(21)23-17(15)24-10-6-14-4-3-13(11-16(14)24)5-9-19(25)7-1-2-8-19/h3-4,11-12,25H,1-2,6-8,10H2,(H2,21,22,23). The summed E-state index contributed by atoms with van der Waals surface area (Å²) in [5, 5.41) is 10.4. The van der Waals surface area contributed by atoms with Crippen LogP contribution in [0.5, 0.6) is 0 Å². The van der Waals surface area contributed by atoms with Crippen molar-refractivity contribution in [1.29, 1.82) is 0 Å². The van der Waals surface area contributed by atoms with Crippen molar-refractivity contribution in [2.45, 2.75) is 37.7 Å². The number of hydrogen-bond donors (Lipinski definition) is 2. The van der Waals surface area contributed by atoms with E-state index in [-0.39, 0.29) is 11.8 Å². The summed E-state index contributed by atoms with van der Waals surface area (Å²) < 4.78 is 14.1. The molecule has 1 aliphatic carbocycles. The summed E-state index contributed by atoms with van der Waals surface area (Å²) in [6.07, 6.45) is 5.37. The molecule has 128 valence electrons. The Kier molecular flexibility index (Phi) is 3.81. The van der Waals surface area contributed by atoms with Crippen molar-refractivity contribution in [3.63, 3.8) is 0 Å². The molecular formula is C19H19FN4O. The van der Waals surface area contributed by atoms with Crippen molar-refractivity contribution >= 4 is 17.5 Å². The molecule has 6 heteroatoms. The molecule has 0 spiro atoms. The van der Waals surface area contributed by atoms with Gasteiger partial charge in [0.15, 0.2) is 11.6 Å². The second-order valence-electron chi connectivity index (χ2n) is 6.63. The fraction of sp³-hybridized carbons (Fsp3) is 0.368. The van der Waals surface area contributed by atoms with E-state index in [1.54, 1.807) is 4.90 Å². The molecule has 5 nitrogen and oxygen atoms in total. The van der Waals surface area contributed by atoms with Gasteiger partial charge in [-0.15, -0.1) is 0 Å². The average Bonchev–Trinajstić information content (AvgIpc) is 3.22. The molecule has 1 aromatic carbocycles. The molecule has 2 aliphatic rings. The maximum atomic E-state index is 14.1. The van der Waals surface area contributed by atoms with Crippen LogP contribution in [0.15, 0.2) is 24.4 Å². The van der Waals surface area contributed by atoms with Crippen LogP contribution in [-0.2, 0) is 6.42 Å². The third-order valence-corrected chi connectivity index (χ3v) is 4.85. The lowest BCUT2D eigenvalue weighted by atomic mass is 10.0. The minimum atomic E-state index is -0.869.